The molecule has 0 aliphatic heterocycles. The number of nitrogens with zero attached hydrogens (tertiary/aromatic N) is 4. The normalized spacial score (nSPS) is 11.2. The molecule has 5 aromatic rings. The van der Waals surface area contributed by atoms with Crippen LogP contribution in [0, 0.1) is 12.7 Å². The van der Waals surface area contributed by atoms with Gasteiger partial charge in [-0.05, 0) is 55.0 Å². The molecular weight excluding hydrogens is 433 g/mol. The van der Waals surface area contributed by atoms with E-state index in [-0.39, 0.29) is 10.9 Å². The first-order chi connectivity index (χ1) is 15.4. The molecule has 0 atom stereocenters. The van der Waals surface area contributed by atoms with E-state index < -0.39 is 17.3 Å². The number of hydrogen-bond acceptors (Lipinski definition) is 4. The largest absolute Gasteiger partial charge is 0.280 e. The fourth-order valence-corrected chi connectivity index (χ4v) is 3.72. The lowest BCUT2D eigenvalue weighted by Crippen LogP contribution is -2.33. The van der Waals surface area contributed by atoms with E-state index >= 15 is 0 Å². The van der Waals surface area contributed by atoms with Crippen LogP contribution in [-0.4, -0.2) is 25.2 Å². The number of aromatic nitrogens is 4. The fraction of sp³-hybridized carbons (Fsp3) is 0.0435. The van der Waals surface area contributed by atoms with Crippen LogP contribution in [0.2, 0.25) is 5.02 Å². The zero-order valence-corrected chi connectivity index (χ0v) is 17.5. The molecule has 0 aliphatic carbocycles. The number of pyridine rings is 1. The Labute approximate surface area is 185 Å². The van der Waals surface area contributed by atoms with Crippen molar-refractivity contribution in [3.05, 3.63) is 99.4 Å². The molecule has 0 unspecified atom stereocenters. The second-order valence-corrected chi connectivity index (χ2v) is 7.63. The summed E-state index contributed by atoms with van der Waals surface area (Å²) in [5.74, 6) is -0.993. The van der Waals surface area contributed by atoms with Crippen LogP contribution >= 0.6 is 11.6 Å². The molecule has 0 aliphatic rings. The number of rotatable bonds is 3. The number of benzene rings is 2. The van der Waals surface area contributed by atoms with Crippen molar-refractivity contribution < 1.29 is 9.18 Å². The number of aryl methyl sites for hydroxylation is 1. The van der Waals surface area contributed by atoms with Crippen molar-refractivity contribution in [2.75, 3.05) is 5.43 Å². The smallest absolute Gasteiger partial charge is 0.267 e. The van der Waals surface area contributed by atoms with E-state index in [1.54, 1.807) is 22.7 Å². The first kappa shape index (κ1) is 19.9. The summed E-state index contributed by atoms with van der Waals surface area (Å²) in [6.07, 6.45) is 2.92. The van der Waals surface area contributed by atoms with E-state index in [1.807, 2.05) is 19.1 Å². The molecule has 1 amide bonds. The van der Waals surface area contributed by atoms with E-state index in [1.165, 1.54) is 36.7 Å². The van der Waals surface area contributed by atoms with Gasteiger partial charge in [0, 0.05) is 28.5 Å². The van der Waals surface area contributed by atoms with Crippen LogP contribution in [0.3, 0.4) is 0 Å². The molecule has 0 radical (unpaired) electrons. The summed E-state index contributed by atoms with van der Waals surface area (Å²) in [4.78, 5) is 29.9. The average Bonchev–Trinajstić information content (AvgIpc) is 3.13. The number of nitrogens with one attached hydrogen (secondary N) is 1. The highest BCUT2D eigenvalue weighted by atomic mass is 35.5. The van der Waals surface area contributed by atoms with Crippen LogP contribution in [0.5, 0.6) is 0 Å². The fourth-order valence-electron chi connectivity index (χ4n) is 3.59. The van der Waals surface area contributed by atoms with Crippen LogP contribution in [0.25, 0.3) is 27.7 Å². The zero-order valence-electron chi connectivity index (χ0n) is 16.7. The minimum atomic E-state index is -0.541. The topological polar surface area (TPSA) is 81.3 Å². The Morgan fingerprint density at radius 1 is 1.06 bits per heavy atom. The molecular formula is C23H15ClFN5O2. The Hall–Kier alpha value is -4.04. The maximum atomic E-state index is 13.1. The van der Waals surface area contributed by atoms with E-state index in [0.29, 0.717) is 16.2 Å². The quantitative estimate of drug-likeness (QED) is 0.449. The standard InChI is InChI=1S/C23H15ClFN5O2/c1-13-20(14-2-6-16(24)7-3-14)21-26-12-18-19(30(21)27-13)10-11-29(23(18)32)28-22(31)15-4-8-17(25)9-5-15/h2-12H,1H3,(H,28,31). The summed E-state index contributed by atoms with van der Waals surface area (Å²) >= 11 is 6.00. The first-order valence-corrected chi connectivity index (χ1v) is 10.0. The third kappa shape index (κ3) is 3.30. The minimum absolute atomic E-state index is 0.224. The van der Waals surface area contributed by atoms with Crippen molar-refractivity contribution in [1.29, 1.82) is 0 Å². The van der Waals surface area contributed by atoms with Gasteiger partial charge in [-0.1, -0.05) is 23.7 Å². The maximum Gasteiger partial charge on any atom is 0.280 e. The van der Waals surface area contributed by atoms with Crippen molar-refractivity contribution in [2.45, 2.75) is 6.92 Å². The lowest BCUT2D eigenvalue weighted by Gasteiger charge is -2.10. The van der Waals surface area contributed by atoms with Gasteiger partial charge in [0.2, 0.25) is 0 Å². The Balaban J connectivity index is 1.59. The monoisotopic (exact) mass is 447 g/mol. The second-order valence-electron chi connectivity index (χ2n) is 7.20. The van der Waals surface area contributed by atoms with Gasteiger partial charge in [-0.2, -0.15) is 5.10 Å². The summed E-state index contributed by atoms with van der Waals surface area (Å²) < 4.78 is 15.8. The highest BCUT2D eigenvalue weighted by Crippen LogP contribution is 2.29. The van der Waals surface area contributed by atoms with Crippen molar-refractivity contribution >= 4 is 34.1 Å². The molecule has 158 valence electrons. The molecule has 3 aromatic heterocycles. The van der Waals surface area contributed by atoms with Crippen molar-refractivity contribution in [2.24, 2.45) is 0 Å². The van der Waals surface area contributed by atoms with Gasteiger partial charge in [0.25, 0.3) is 11.5 Å². The maximum absolute atomic E-state index is 13.1. The number of carbonyl (C=O) groups excluding carboxylic acids is 1. The summed E-state index contributed by atoms with van der Waals surface area (Å²) in [5.41, 5.74) is 5.93. The van der Waals surface area contributed by atoms with Crippen LogP contribution in [0.1, 0.15) is 16.1 Å². The van der Waals surface area contributed by atoms with E-state index in [0.717, 1.165) is 21.5 Å². The molecule has 5 rings (SSSR count). The predicted molar refractivity (Wildman–Crippen MR) is 120 cm³/mol. The van der Waals surface area contributed by atoms with Gasteiger partial charge >= 0.3 is 0 Å². The third-order valence-corrected chi connectivity index (χ3v) is 5.40. The molecule has 0 saturated heterocycles. The number of fused-ring (bicyclic) bond motifs is 3. The van der Waals surface area contributed by atoms with Crippen molar-refractivity contribution in [3.63, 3.8) is 0 Å². The first-order valence-electron chi connectivity index (χ1n) is 9.65. The van der Waals surface area contributed by atoms with Crippen LogP contribution in [0.15, 0.2) is 71.8 Å². The second kappa shape index (κ2) is 7.58. The molecule has 0 bridgehead atoms. The Bertz CT molecular complexity index is 1560. The molecule has 32 heavy (non-hydrogen) atoms. The predicted octanol–water partition coefficient (Wildman–Crippen LogP) is 4.20. The lowest BCUT2D eigenvalue weighted by molar-refractivity contribution is 0.101. The van der Waals surface area contributed by atoms with Crippen molar-refractivity contribution in [3.8, 4) is 11.1 Å². The number of hydrogen-bond donors (Lipinski definition) is 1. The minimum Gasteiger partial charge on any atom is -0.267 e. The number of carbonyl (C=O) groups is 1. The highest BCUT2D eigenvalue weighted by molar-refractivity contribution is 6.30. The van der Waals surface area contributed by atoms with Gasteiger partial charge in [0.15, 0.2) is 5.65 Å². The van der Waals surface area contributed by atoms with Gasteiger partial charge in [-0.25, -0.2) is 18.6 Å². The lowest BCUT2D eigenvalue weighted by atomic mass is 10.1. The molecule has 0 saturated carbocycles. The van der Waals surface area contributed by atoms with Gasteiger partial charge in [-0.15, -0.1) is 0 Å². The molecule has 0 fully saturated rings. The van der Waals surface area contributed by atoms with E-state index in [4.69, 9.17) is 11.6 Å². The Kier molecular flexibility index (Phi) is 4.71. The molecule has 2 aromatic carbocycles. The van der Waals surface area contributed by atoms with E-state index in [2.05, 4.69) is 15.5 Å². The SMILES string of the molecule is Cc1nn2c(ncc3c(=O)n(NC(=O)c4ccc(F)cc4)ccc32)c1-c1ccc(Cl)cc1. The summed E-state index contributed by atoms with van der Waals surface area (Å²) in [6.45, 7) is 1.87. The van der Waals surface area contributed by atoms with Crippen molar-refractivity contribution in [1.82, 2.24) is 19.3 Å². The van der Waals surface area contributed by atoms with Crippen LogP contribution in [-0.2, 0) is 0 Å². The van der Waals surface area contributed by atoms with Gasteiger partial charge < -0.3 is 0 Å². The van der Waals surface area contributed by atoms with Gasteiger partial charge in [0.05, 0.1) is 16.6 Å². The number of halogens is 2. The summed E-state index contributed by atoms with van der Waals surface area (Å²) in [6, 6.07) is 14.1. The summed E-state index contributed by atoms with van der Waals surface area (Å²) in [7, 11) is 0. The van der Waals surface area contributed by atoms with Gasteiger partial charge in [0.1, 0.15) is 5.82 Å². The Morgan fingerprint density at radius 2 is 1.78 bits per heavy atom. The molecule has 3 heterocycles. The van der Waals surface area contributed by atoms with Crippen LogP contribution in [0.4, 0.5) is 4.39 Å². The molecule has 1 N–H and O–H groups in total. The van der Waals surface area contributed by atoms with E-state index in [9.17, 15) is 14.0 Å². The Morgan fingerprint density at radius 3 is 2.50 bits per heavy atom. The highest BCUT2D eigenvalue weighted by Gasteiger charge is 2.17. The third-order valence-electron chi connectivity index (χ3n) is 5.15. The molecule has 9 heteroatoms. The molecule has 0 spiro atoms. The van der Waals surface area contributed by atoms with Gasteiger partial charge in [-0.3, -0.25) is 15.0 Å². The van der Waals surface area contributed by atoms with Crippen LogP contribution < -0.4 is 11.0 Å². The molecule has 7 nitrogen and oxygen atoms in total. The number of amides is 1. The summed E-state index contributed by atoms with van der Waals surface area (Å²) in [5, 5.41) is 5.49. The zero-order chi connectivity index (χ0) is 22.4. The average molecular weight is 448 g/mol.